The maximum Gasteiger partial charge on any atom is 0.312 e. The van der Waals surface area contributed by atoms with Crippen molar-refractivity contribution in [3.8, 4) is 11.5 Å². The Morgan fingerprint density at radius 3 is 2.55 bits per heavy atom. The fraction of sp³-hybridized carbons (Fsp3) is 0.143. The van der Waals surface area contributed by atoms with Crippen molar-refractivity contribution in [1.82, 2.24) is 5.32 Å². The minimum atomic E-state index is -0.463. The van der Waals surface area contributed by atoms with Crippen molar-refractivity contribution in [3.05, 3.63) is 62.6 Å². The minimum Gasteiger partial charge on any atom is -0.449 e. The number of nitrogens with zero attached hydrogens (tertiary/aromatic N) is 1. The Morgan fingerprint density at radius 2 is 1.95 bits per heavy atom. The van der Waals surface area contributed by atoms with Gasteiger partial charge in [0.1, 0.15) is 5.75 Å². The largest absolute Gasteiger partial charge is 0.449 e. The van der Waals surface area contributed by atoms with Gasteiger partial charge >= 0.3 is 5.69 Å². The Bertz CT molecular complexity index is 614. The normalized spacial score (nSPS) is 10.3. The van der Waals surface area contributed by atoms with Crippen LogP contribution < -0.4 is 10.1 Å². The van der Waals surface area contributed by atoms with Crippen molar-refractivity contribution in [2.24, 2.45) is 0 Å². The van der Waals surface area contributed by atoms with E-state index >= 15 is 0 Å². The van der Waals surface area contributed by atoms with E-state index in [9.17, 15) is 10.1 Å². The molecule has 2 aromatic carbocycles. The zero-order valence-corrected chi connectivity index (χ0v) is 12.4. The van der Waals surface area contributed by atoms with Gasteiger partial charge in [0.15, 0.2) is 0 Å². The second-order valence-corrected chi connectivity index (χ2v) is 4.98. The molecule has 20 heavy (non-hydrogen) atoms. The third kappa shape index (κ3) is 3.34. The molecule has 2 aromatic rings. The van der Waals surface area contributed by atoms with E-state index in [2.05, 4.69) is 21.2 Å². The fourth-order valence-electron chi connectivity index (χ4n) is 1.74. The van der Waals surface area contributed by atoms with Gasteiger partial charge in [-0.1, -0.05) is 18.2 Å². The van der Waals surface area contributed by atoms with Crippen LogP contribution in [0, 0.1) is 10.1 Å². The smallest absolute Gasteiger partial charge is 0.312 e. The number of benzene rings is 2. The van der Waals surface area contributed by atoms with Gasteiger partial charge in [0, 0.05) is 12.6 Å². The zero-order valence-electron chi connectivity index (χ0n) is 10.8. The van der Waals surface area contributed by atoms with Crippen LogP contribution in [0.15, 0.2) is 46.9 Å². The molecule has 1 N–H and O–H groups in total. The third-order valence-corrected chi connectivity index (χ3v) is 3.29. The number of rotatable bonds is 5. The van der Waals surface area contributed by atoms with Gasteiger partial charge < -0.3 is 10.1 Å². The van der Waals surface area contributed by atoms with Crippen LogP contribution >= 0.6 is 15.9 Å². The predicted octanol–water partition coefficient (Wildman–Crippen LogP) is 3.87. The molecule has 5 nitrogen and oxygen atoms in total. The van der Waals surface area contributed by atoms with Gasteiger partial charge in [-0.25, -0.2) is 0 Å². The third-order valence-electron chi connectivity index (χ3n) is 2.67. The number of nitro groups is 1. The Morgan fingerprint density at radius 1 is 1.25 bits per heavy atom. The average molecular weight is 337 g/mol. The summed E-state index contributed by atoms with van der Waals surface area (Å²) < 4.78 is 6.17. The zero-order chi connectivity index (χ0) is 14.5. The van der Waals surface area contributed by atoms with E-state index in [4.69, 9.17) is 4.74 Å². The van der Waals surface area contributed by atoms with Gasteiger partial charge in [0.2, 0.25) is 5.75 Å². The highest BCUT2D eigenvalue weighted by Crippen LogP contribution is 2.37. The highest BCUT2D eigenvalue weighted by atomic mass is 79.9. The molecule has 0 aromatic heterocycles. The molecule has 0 spiro atoms. The summed E-state index contributed by atoms with van der Waals surface area (Å²) in [4.78, 5) is 10.5. The molecule has 6 heteroatoms. The first kappa shape index (κ1) is 14.5. The predicted molar refractivity (Wildman–Crippen MR) is 80.1 cm³/mol. The second kappa shape index (κ2) is 6.49. The summed E-state index contributed by atoms with van der Waals surface area (Å²) in [6.45, 7) is 0.759. The van der Waals surface area contributed by atoms with Crippen LogP contribution in [0.4, 0.5) is 5.69 Å². The van der Waals surface area contributed by atoms with Crippen molar-refractivity contribution in [1.29, 1.82) is 0 Å². The van der Waals surface area contributed by atoms with Crippen molar-refractivity contribution in [3.63, 3.8) is 0 Å². The van der Waals surface area contributed by atoms with Crippen molar-refractivity contribution < 1.29 is 9.66 Å². The summed E-state index contributed by atoms with van der Waals surface area (Å²) in [7, 11) is 1.87. The number of hydrogen-bond acceptors (Lipinski definition) is 4. The standard InChI is InChI=1S/C14H13BrN2O3/c1-16-9-10-5-7-11(8-6-10)20-14-12(15)3-2-4-13(14)17(18)19/h2-8,16H,9H2,1H3. The summed E-state index contributed by atoms with van der Waals surface area (Å²) in [5, 5.41) is 14.0. The van der Waals surface area contributed by atoms with Crippen LogP contribution in [0.1, 0.15) is 5.56 Å². The van der Waals surface area contributed by atoms with Crippen LogP contribution in [0.5, 0.6) is 11.5 Å². The van der Waals surface area contributed by atoms with E-state index in [0.29, 0.717) is 10.2 Å². The molecule has 0 fully saturated rings. The molecule has 0 atom stereocenters. The maximum atomic E-state index is 11.0. The van der Waals surface area contributed by atoms with Gasteiger partial charge in [-0.15, -0.1) is 0 Å². The van der Waals surface area contributed by atoms with E-state index in [-0.39, 0.29) is 11.4 Å². The average Bonchev–Trinajstić information content (AvgIpc) is 2.43. The van der Waals surface area contributed by atoms with E-state index in [1.54, 1.807) is 24.3 Å². The summed E-state index contributed by atoms with van der Waals surface area (Å²) in [6.07, 6.45) is 0. The van der Waals surface area contributed by atoms with E-state index in [1.807, 2.05) is 19.2 Å². The first-order valence-electron chi connectivity index (χ1n) is 5.96. The molecule has 0 bridgehead atoms. The molecule has 0 unspecified atom stereocenters. The van der Waals surface area contributed by atoms with Crippen molar-refractivity contribution >= 4 is 21.6 Å². The quantitative estimate of drug-likeness (QED) is 0.664. The Kier molecular flexibility index (Phi) is 4.70. The number of nitro benzene ring substituents is 1. The molecule has 0 aliphatic heterocycles. The van der Waals surface area contributed by atoms with Gasteiger partial charge in [0.05, 0.1) is 9.40 Å². The Labute approximate surface area is 124 Å². The number of para-hydroxylation sites is 1. The second-order valence-electron chi connectivity index (χ2n) is 4.12. The molecule has 0 amide bonds. The lowest BCUT2D eigenvalue weighted by Gasteiger charge is -2.09. The number of ether oxygens (including phenoxy) is 1. The number of hydrogen-bond donors (Lipinski definition) is 1. The lowest BCUT2D eigenvalue weighted by molar-refractivity contribution is -0.385. The first-order chi connectivity index (χ1) is 9.61. The highest BCUT2D eigenvalue weighted by Gasteiger charge is 2.18. The van der Waals surface area contributed by atoms with Crippen LogP contribution in [-0.2, 0) is 6.54 Å². The lowest BCUT2D eigenvalue weighted by atomic mass is 10.2. The van der Waals surface area contributed by atoms with E-state index < -0.39 is 4.92 Å². The molecular weight excluding hydrogens is 324 g/mol. The highest BCUT2D eigenvalue weighted by molar-refractivity contribution is 9.10. The molecule has 0 saturated carbocycles. The van der Waals surface area contributed by atoms with Crippen LogP contribution in [0.2, 0.25) is 0 Å². The number of nitrogens with one attached hydrogen (secondary N) is 1. The first-order valence-corrected chi connectivity index (χ1v) is 6.75. The van der Waals surface area contributed by atoms with Crippen molar-refractivity contribution in [2.45, 2.75) is 6.54 Å². The summed E-state index contributed by atoms with van der Waals surface area (Å²) in [6, 6.07) is 12.1. The van der Waals surface area contributed by atoms with Crippen molar-refractivity contribution in [2.75, 3.05) is 7.05 Å². The minimum absolute atomic E-state index is 0.0707. The Balaban J connectivity index is 2.27. The molecule has 2 rings (SSSR count). The van der Waals surface area contributed by atoms with Crippen LogP contribution in [0.3, 0.4) is 0 Å². The van der Waals surface area contributed by atoms with E-state index in [0.717, 1.165) is 12.1 Å². The lowest BCUT2D eigenvalue weighted by Crippen LogP contribution is -2.04. The van der Waals surface area contributed by atoms with Gasteiger partial charge in [-0.3, -0.25) is 10.1 Å². The monoisotopic (exact) mass is 336 g/mol. The molecule has 104 valence electrons. The molecule has 0 radical (unpaired) electrons. The Hall–Kier alpha value is -1.92. The summed E-state index contributed by atoms with van der Waals surface area (Å²) >= 11 is 3.27. The van der Waals surface area contributed by atoms with Gasteiger partial charge in [-0.05, 0) is 46.7 Å². The van der Waals surface area contributed by atoms with Gasteiger partial charge in [-0.2, -0.15) is 0 Å². The van der Waals surface area contributed by atoms with E-state index in [1.165, 1.54) is 6.07 Å². The fourth-order valence-corrected chi connectivity index (χ4v) is 2.18. The molecule has 0 saturated heterocycles. The molecule has 0 aliphatic rings. The van der Waals surface area contributed by atoms with Crippen LogP contribution in [0.25, 0.3) is 0 Å². The summed E-state index contributed by atoms with van der Waals surface area (Å²) in [5.74, 6) is 0.763. The SMILES string of the molecule is CNCc1ccc(Oc2c(Br)cccc2[N+](=O)[O-])cc1. The topological polar surface area (TPSA) is 64.4 Å². The number of halogens is 1. The maximum absolute atomic E-state index is 11.0. The summed E-state index contributed by atoms with van der Waals surface area (Å²) in [5.41, 5.74) is 1.04. The molecular formula is C14H13BrN2O3. The molecule has 0 aliphatic carbocycles. The molecule has 0 heterocycles. The van der Waals surface area contributed by atoms with Gasteiger partial charge in [0.25, 0.3) is 0 Å². The van der Waals surface area contributed by atoms with Crippen LogP contribution in [-0.4, -0.2) is 12.0 Å².